The zero-order chi connectivity index (χ0) is 11.5. The van der Waals surface area contributed by atoms with Crippen LogP contribution in [0.5, 0.6) is 0 Å². The maximum atomic E-state index is 11.8. The van der Waals surface area contributed by atoms with Crippen LogP contribution < -0.4 is 5.32 Å². The van der Waals surface area contributed by atoms with E-state index in [0.29, 0.717) is 4.88 Å². The molecule has 0 spiro atoms. The van der Waals surface area contributed by atoms with Gasteiger partial charge in [0.25, 0.3) is 5.91 Å². The Hall–Kier alpha value is -0.720. The summed E-state index contributed by atoms with van der Waals surface area (Å²) in [5.74, 6) is -0.0570. The molecule has 0 fully saturated rings. The van der Waals surface area contributed by atoms with Gasteiger partial charge in [-0.05, 0) is 35.0 Å². The highest BCUT2D eigenvalue weighted by atomic mass is 79.9. The molecule has 0 saturated carbocycles. The van der Waals surface area contributed by atoms with Crippen molar-refractivity contribution in [1.29, 1.82) is 0 Å². The quantitative estimate of drug-likeness (QED) is 0.942. The fourth-order valence-electron chi connectivity index (χ4n) is 1.21. The van der Waals surface area contributed by atoms with Crippen LogP contribution in [0, 0.1) is 0 Å². The fourth-order valence-corrected chi connectivity index (χ4v) is 3.15. The zero-order valence-electron chi connectivity index (χ0n) is 8.44. The monoisotopic (exact) mass is 316 g/mol. The van der Waals surface area contributed by atoms with E-state index in [0.717, 1.165) is 8.79 Å². The maximum Gasteiger partial charge on any atom is 0.261 e. The van der Waals surface area contributed by atoms with E-state index in [1.54, 1.807) is 23.6 Å². The number of thiazole rings is 1. The van der Waals surface area contributed by atoms with E-state index < -0.39 is 0 Å². The molecule has 1 unspecified atom stereocenters. The highest BCUT2D eigenvalue weighted by molar-refractivity contribution is 9.11. The molecule has 84 valence electrons. The maximum absolute atomic E-state index is 11.8. The van der Waals surface area contributed by atoms with Crippen LogP contribution >= 0.6 is 38.6 Å². The zero-order valence-corrected chi connectivity index (χ0v) is 11.7. The molecule has 2 heterocycles. The van der Waals surface area contributed by atoms with E-state index in [-0.39, 0.29) is 11.9 Å². The van der Waals surface area contributed by atoms with E-state index in [2.05, 4.69) is 26.2 Å². The Kier molecular flexibility index (Phi) is 3.73. The number of amides is 1. The topological polar surface area (TPSA) is 42.0 Å². The van der Waals surface area contributed by atoms with Crippen LogP contribution in [0.25, 0.3) is 0 Å². The Morgan fingerprint density at radius 2 is 2.38 bits per heavy atom. The minimum Gasteiger partial charge on any atom is -0.342 e. The molecule has 3 nitrogen and oxygen atoms in total. The van der Waals surface area contributed by atoms with Crippen molar-refractivity contribution in [3.8, 4) is 0 Å². The third-order valence-electron chi connectivity index (χ3n) is 1.97. The summed E-state index contributed by atoms with van der Waals surface area (Å²) in [6.45, 7) is 1.93. The van der Waals surface area contributed by atoms with E-state index in [1.807, 2.05) is 18.4 Å². The number of carbonyl (C=O) groups excluding carboxylic acids is 1. The Balaban J connectivity index is 2.03. The van der Waals surface area contributed by atoms with Crippen LogP contribution in [0.4, 0.5) is 0 Å². The number of halogens is 1. The molecule has 2 aromatic rings. The third-order valence-corrected chi connectivity index (χ3v) is 4.55. The Morgan fingerprint density at radius 1 is 1.56 bits per heavy atom. The average Bonchev–Trinajstić information content (AvgIpc) is 2.87. The van der Waals surface area contributed by atoms with Crippen LogP contribution in [-0.4, -0.2) is 10.9 Å². The van der Waals surface area contributed by atoms with Crippen LogP contribution in [0.3, 0.4) is 0 Å². The first-order valence-electron chi connectivity index (χ1n) is 4.62. The predicted molar refractivity (Wildman–Crippen MR) is 70.0 cm³/mol. The van der Waals surface area contributed by atoms with Crippen molar-refractivity contribution in [2.45, 2.75) is 13.0 Å². The summed E-state index contributed by atoms with van der Waals surface area (Å²) in [5, 5.41) is 5.73. The van der Waals surface area contributed by atoms with Gasteiger partial charge in [0.15, 0.2) is 0 Å². The molecule has 2 rings (SSSR count). The molecule has 0 aliphatic heterocycles. The second-order valence-electron chi connectivity index (χ2n) is 3.17. The van der Waals surface area contributed by atoms with Crippen LogP contribution in [0.2, 0.25) is 0 Å². The summed E-state index contributed by atoms with van der Waals surface area (Å²) < 4.78 is 0.958. The Bertz CT molecular complexity index is 481. The average molecular weight is 317 g/mol. The molecule has 1 amide bonds. The van der Waals surface area contributed by atoms with Crippen molar-refractivity contribution < 1.29 is 4.79 Å². The first-order chi connectivity index (χ1) is 7.66. The van der Waals surface area contributed by atoms with Crippen LogP contribution in [0.15, 0.2) is 27.5 Å². The molecule has 0 saturated heterocycles. The fraction of sp³-hybridized carbons (Fsp3) is 0.200. The molecule has 0 aliphatic rings. The van der Waals surface area contributed by atoms with Crippen molar-refractivity contribution in [2.24, 2.45) is 0 Å². The van der Waals surface area contributed by atoms with E-state index in [9.17, 15) is 4.79 Å². The normalized spacial score (nSPS) is 12.4. The van der Waals surface area contributed by atoms with Crippen molar-refractivity contribution in [2.75, 3.05) is 0 Å². The van der Waals surface area contributed by atoms with Crippen LogP contribution in [-0.2, 0) is 0 Å². The van der Waals surface area contributed by atoms with Gasteiger partial charge in [-0.2, -0.15) is 0 Å². The second kappa shape index (κ2) is 5.07. The number of nitrogens with one attached hydrogen (secondary N) is 1. The first kappa shape index (κ1) is 11.8. The lowest BCUT2D eigenvalue weighted by Gasteiger charge is -2.09. The number of carbonyl (C=O) groups is 1. The van der Waals surface area contributed by atoms with Gasteiger partial charge in [-0.25, -0.2) is 4.98 Å². The van der Waals surface area contributed by atoms with E-state index >= 15 is 0 Å². The highest BCUT2D eigenvalue weighted by Gasteiger charge is 2.14. The lowest BCUT2D eigenvalue weighted by molar-refractivity contribution is 0.0944. The van der Waals surface area contributed by atoms with Crippen molar-refractivity contribution in [3.63, 3.8) is 0 Å². The molecule has 0 aliphatic carbocycles. The van der Waals surface area contributed by atoms with Gasteiger partial charge < -0.3 is 5.32 Å². The molecular weight excluding hydrogens is 308 g/mol. The van der Waals surface area contributed by atoms with Gasteiger partial charge >= 0.3 is 0 Å². The molecule has 16 heavy (non-hydrogen) atoms. The van der Waals surface area contributed by atoms with Gasteiger partial charge in [-0.15, -0.1) is 22.7 Å². The van der Waals surface area contributed by atoms with Gasteiger partial charge in [0.2, 0.25) is 0 Å². The summed E-state index contributed by atoms with van der Waals surface area (Å²) in [4.78, 5) is 16.7. The minimum atomic E-state index is -0.0570. The lowest BCUT2D eigenvalue weighted by atomic mass is 10.3. The lowest BCUT2D eigenvalue weighted by Crippen LogP contribution is -2.25. The van der Waals surface area contributed by atoms with Crippen molar-refractivity contribution in [3.05, 3.63) is 37.4 Å². The van der Waals surface area contributed by atoms with E-state index in [1.165, 1.54) is 11.3 Å². The summed E-state index contributed by atoms with van der Waals surface area (Å²) in [7, 11) is 0. The SMILES string of the molecule is CC(NC(=O)c1ccc(Br)s1)c1nccs1. The number of thiophene rings is 1. The molecule has 0 bridgehead atoms. The van der Waals surface area contributed by atoms with Gasteiger partial charge in [-0.1, -0.05) is 0 Å². The van der Waals surface area contributed by atoms with Gasteiger partial charge in [-0.3, -0.25) is 4.79 Å². The molecule has 1 atom stereocenters. The Labute approximate surface area is 110 Å². The molecule has 6 heteroatoms. The Morgan fingerprint density at radius 3 is 2.94 bits per heavy atom. The smallest absolute Gasteiger partial charge is 0.261 e. The standard InChI is InChI=1S/C10H9BrN2OS2/c1-6(10-12-4-5-15-10)13-9(14)7-2-3-8(11)16-7/h2-6H,1H3,(H,13,14). The van der Waals surface area contributed by atoms with Crippen molar-refractivity contribution in [1.82, 2.24) is 10.3 Å². The number of nitrogens with zero attached hydrogens (tertiary/aromatic N) is 1. The van der Waals surface area contributed by atoms with Gasteiger partial charge in [0.05, 0.1) is 14.7 Å². The number of rotatable bonds is 3. The first-order valence-corrected chi connectivity index (χ1v) is 7.11. The predicted octanol–water partition coefficient (Wildman–Crippen LogP) is 3.46. The highest BCUT2D eigenvalue weighted by Crippen LogP contribution is 2.23. The van der Waals surface area contributed by atoms with E-state index in [4.69, 9.17) is 0 Å². The minimum absolute atomic E-state index is 0.0478. The number of hydrogen-bond acceptors (Lipinski definition) is 4. The molecular formula is C10H9BrN2OS2. The van der Waals surface area contributed by atoms with Gasteiger partial charge in [0.1, 0.15) is 5.01 Å². The second-order valence-corrected chi connectivity index (χ2v) is 6.56. The summed E-state index contributed by atoms with van der Waals surface area (Å²) >= 11 is 6.30. The summed E-state index contributed by atoms with van der Waals surface area (Å²) in [6, 6.07) is 3.63. The molecule has 0 radical (unpaired) electrons. The van der Waals surface area contributed by atoms with Gasteiger partial charge in [0, 0.05) is 11.6 Å². The number of aromatic nitrogens is 1. The molecule has 1 N–H and O–H groups in total. The summed E-state index contributed by atoms with van der Waals surface area (Å²) in [6.07, 6.45) is 1.74. The summed E-state index contributed by atoms with van der Waals surface area (Å²) in [5.41, 5.74) is 0. The van der Waals surface area contributed by atoms with Crippen molar-refractivity contribution >= 4 is 44.5 Å². The number of hydrogen-bond donors (Lipinski definition) is 1. The third kappa shape index (κ3) is 2.69. The molecule has 0 aromatic carbocycles. The molecule has 2 aromatic heterocycles. The largest absolute Gasteiger partial charge is 0.342 e. The van der Waals surface area contributed by atoms with Crippen LogP contribution in [0.1, 0.15) is 27.6 Å².